The third-order valence-electron chi connectivity index (χ3n) is 7.57. The van der Waals surface area contributed by atoms with Crippen molar-refractivity contribution < 1.29 is 19.8 Å². The highest BCUT2D eigenvalue weighted by molar-refractivity contribution is 5.66. The maximum absolute atomic E-state index is 10.3. The number of unbranched alkanes of at least 4 members (excludes halogenated alkanes) is 16. The summed E-state index contributed by atoms with van der Waals surface area (Å²) in [5, 5.41) is 17.0. The monoisotopic (exact) mass is 512 g/mol. The van der Waals surface area contributed by atoms with Gasteiger partial charge in [0.25, 0.3) is 0 Å². The second-order valence-electron chi connectivity index (χ2n) is 11.3. The van der Waals surface area contributed by atoms with Crippen LogP contribution >= 0.6 is 0 Å². The fraction of sp³-hybridized carbons (Fsp3) is 0.938. The second-order valence-corrected chi connectivity index (χ2v) is 11.3. The Labute approximate surface area is 225 Å². The largest absolute Gasteiger partial charge is 0.481 e. The molecule has 36 heavy (non-hydrogen) atoms. The molecule has 0 saturated carbocycles. The minimum Gasteiger partial charge on any atom is -0.481 e. The van der Waals surface area contributed by atoms with Gasteiger partial charge in [0, 0.05) is 12.8 Å². The van der Waals surface area contributed by atoms with E-state index in [1.807, 2.05) is 0 Å². The minimum absolute atomic E-state index is 0.342. The molecule has 0 radical (unpaired) electrons. The van der Waals surface area contributed by atoms with Crippen molar-refractivity contribution in [3.05, 3.63) is 0 Å². The molecule has 0 aliphatic rings. The van der Waals surface area contributed by atoms with Crippen LogP contribution in [0.2, 0.25) is 0 Å². The third kappa shape index (κ3) is 35.1. The smallest absolute Gasteiger partial charge is 0.303 e. The van der Waals surface area contributed by atoms with Gasteiger partial charge in [-0.25, -0.2) is 0 Å². The quantitative estimate of drug-likeness (QED) is 0.113. The predicted molar refractivity (Wildman–Crippen MR) is 156 cm³/mol. The van der Waals surface area contributed by atoms with Crippen LogP contribution in [0, 0.1) is 11.8 Å². The van der Waals surface area contributed by atoms with Crippen LogP contribution in [0.3, 0.4) is 0 Å². The molecule has 0 rings (SSSR count). The number of carboxylic acid groups (broad SMARTS) is 2. The zero-order valence-electron chi connectivity index (χ0n) is 24.8. The molecule has 2 unspecified atom stereocenters. The van der Waals surface area contributed by atoms with Crippen LogP contribution in [0.5, 0.6) is 0 Å². The van der Waals surface area contributed by atoms with Crippen LogP contribution in [-0.2, 0) is 9.59 Å². The van der Waals surface area contributed by atoms with E-state index in [1.165, 1.54) is 116 Å². The average Bonchev–Trinajstić information content (AvgIpc) is 2.85. The molecule has 0 aromatic rings. The van der Waals surface area contributed by atoms with E-state index < -0.39 is 11.9 Å². The number of hydrogen-bond acceptors (Lipinski definition) is 2. The standard InChI is InChI=1S/C17H34O2.C15H30O2/c1-3-16(2)14-12-10-8-6-4-5-7-9-11-13-15-17(18)19;1-3-14(2)12-10-8-6-4-5-7-9-11-13-15(16)17/h16H,3-15H2,1-2H3,(H,18,19);14H,3-13H2,1-2H3,(H,16,17). The van der Waals surface area contributed by atoms with Crippen molar-refractivity contribution in [2.75, 3.05) is 0 Å². The first-order valence-electron chi connectivity index (χ1n) is 15.8. The molecule has 0 saturated heterocycles. The SMILES string of the molecule is CCC(C)CCCCCCCCCCC(=O)O.CCC(C)CCCCCCCCCCCCC(=O)O. The van der Waals surface area contributed by atoms with E-state index in [0.717, 1.165) is 37.5 Å². The van der Waals surface area contributed by atoms with Crippen molar-refractivity contribution in [3.63, 3.8) is 0 Å². The third-order valence-corrected chi connectivity index (χ3v) is 7.57. The van der Waals surface area contributed by atoms with Crippen LogP contribution < -0.4 is 0 Å². The van der Waals surface area contributed by atoms with Crippen LogP contribution in [0.15, 0.2) is 0 Å². The Morgan fingerprint density at radius 2 is 0.667 bits per heavy atom. The van der Waals surface area contributed by atoms with E-state index in [1.54, 1.807) is 0 Å². The summed E-state index contributed by atoms with van der Waals surface area (Å²) in [6.45, 7) is 9.23. The lowest BCUT2D eigenvalue weighted by molar-refractivity contribution is -0.138. The van der Waals surface area contributed by atoms with Gasteiger partial charge in [-0.15, -0.1) is 0 Å². The van der Waals surface area contributed by atoms with E-state index in [4.69, 9.17) is 10.2 Å². The van der Waals surface area contributed by atoms with E-state index >= 15 is 0 Å². The summed E-state index contributed by atoms with van der Waals surface area (Å²) in [6, 6.07) is 0. The Bertz CT molecular complexity index is 463. The lowest BCUT2D eigenvalue weighted by Crippen LogP contribution is -1.93. The zero-order chi connectivity index (χ0) is 27.3. The number of carbonyl (C=O) groups is 2. The first-order chi connectivity index (χ1) is 17.3. The molecule has 2 N–H and O–H groups in total. The summed E-state index contributed by atoms with van der Waals surface area (Å²) >= 11 is 0. The Morgan fingerprint density at radius 3 is 0.889 bits per heavy atom. The first-order valence-corrected chi connectivity index (χ1v) is 15.8. The summed E-state index contributed by atoms with van der Waals surface area (Å²) in [7, 11) is 0. The molecule has 216 valence electrons. The highest BCUT2D eigenvalue weighted by Gasteiger charge is 2.00. The van der Waals surface area contributed by atoms with Crippen molar-refractivity contribution in [2.45, 2.75) is 182 Å². The van der Waals surface area contributed by atoms with Gasteiger partial charge in [-0.1, -0.05) is 156 Å². The molecule has 4 heteroatoms. The van der Waals surface area contributed by atoms with Gasteiger partial charge in [-0.2, -0.15) is 0 Å². The maximum atomic E-state index is 10.3. The maximum Gasteiger partial charge on any atom is 0.303 e. The van der Waals surface area contributed by atoms with E-state index in [0.29, 0.717) is 12.8 Å². The molecule has 0 bridgehead atoms. The number of aliphatic carboxylic acids is 2. The molecule has 0 aromatic carbocycles. The Balaban J connectivity index is 0. The van der Waals surface area contributed by atoms with E-state index in [9.17, 15) is 9.59 Å². The van der Waals surface area contributed by atoms with E-state index in [2.05, 4.69) is 27.7 Å². The number of rotatable bonds is 26. The van der Waals surface area contributed by atoms with Crippen molar-refractivity contribution in [1.82, 2.24) is 0 Å². The molecule has 0 aliphatic heterocycles. The van der Waals surface area contributed by atoms with Crippen molar-refractivity contribution in [3.8, 4) is 0 Å². The van der Waals surface area contributed by atoms with Gasteiger partial charge in [0.15, 0.2) is 0 Å². The van der Waals surface area contributed by atoms with Crippen molar-refractivity contribution >= 4 is 11.9 Å². The van der Waals surface area contributed by atoms with Crippen LogP contribution in [0.25, 0.3) is 0 Å². The van der Waals surface area contributed by atoms with Gasteiger partial charge in [-0.05, 0) is 24.7 Å². The molecule has 0 amide bonds. The molecule has 0 aromatic heterocycles. The van der Waals surface area contributed by atoms with E-state index in [-0.39, 0.29) is 0 Å². The highest BCUT2D eigenvalue weighted by Crippen LogP contribution is 2.16. The summed E-state index contributed by atoms with van der Waals surface area (Å²) in [6.07, 6.45) is 28.7. The zero-order valence-corrected chi connectivity index (χ0v) is 24.8. The molecule has 2 atom stereocenters. The summed E-state index contributed by atoms with van der Waals surface area (Å²) in [4.78, 5) is 20.6. The van der Waals surface area contributed by atoms with Gasteiger partial charge in [-0.3, -0.25) is 9.59 Å². The van der Waals surface area contributed by atoms with Gasteiger partial charge in [0.2, 0.25) is 0 Å². The fourth-order valence-corrected chi connectivity index (χ4v) is 4.42. The summed E-state index contributed by atoms with van der Waals surface area (Å²) in [5.41, 5.74) is 0. The minimum atomic E-state index is -0.657. The Morgan fingerprint density at radius 1 is 0.444 bits per heavy atom. The first kappa shape index (κ1) is 37.1. The molecular weight excluding hydrogens is 448 g/mol. The second kappa shape index (κ2) is 30.2. The van der Waals surface area contributed by atoms with Gasteiger partial charge in [0.1, 0.15) is 0 Å². The van der Waals surface area contributed by atoms with Crippen LogP contribution in [-0.4, -0.2) is 22.2 Å². The average molecular weight is 513 g/mol. The summed E-state index contributed by atoms with van der Waals surface area (Å²) < 4.78 is 0. The van der Waals surface area contributed by atoms with Crippen molar-refractivity contribution in [1.29, 1.82) is 0 Å². The molecule has 0 heterocycles. The topological polar surface area (TPSA) is 74.6 Å². The molecular formula is C32H64O4. The van der Waals surface area contributed by atoms with Crippen LogP contribution in [0.4, 0.5) is 0 Å². The molecule has 0 spiro atoms. The number of carboxylic acids is 2. The predicted octanol–water partition coefficient (Wildman–Crippen LogP) is 10.8. The normalized spacial score (nSPS) is 12.6. The van der Waals surface area contributed by atoms with Crippen LogP contribution in [0.1, 0.15) is 182 Å². The van der Waals surface area contributed by atoms with Gasteiger partial charge >= 0.3 is 11.9 Å². The lowest BCUT2D eigenvalue weighted by atomic mass is 9.99. The fourth-order valence-electron chi connectivity index (χ4n) is 4.42. The van der Waals surface area contributed by atoms with Gasteiger partial charge in [0.05, 0.1) is 0 Å². The van der Waals surface area contributed by atoms with Crippen molar-refractivity contribution in [2.24, 2.45) is 11.8 Å². The molecule has 0 fully saturated rings. The molecule has 4 nitrogen and oxygen atoms in total. The Hall–Kier alpha value is -1.06. The lowest BCUT2D eigenvalue weighted by Gasteiger charge is -2.07. The summed E-state index contributed by atoms with van der Waals surface area (Å²) in [5.74, 6) is 0.490. The molecule has 0 aliphatic carbocycles. The highest BCUT2D eigenvalue weighted by atomic mass is 16.4. The number of hydrogen-bond donors (Lipinski definition) is 2. The van der Waals surface area contributed by atoms with Gasteiger partial charge < -0.3 is 10.2 Å². The Kier molecular flexibility index (Phi) is 31.1.